The summed E-state index contributed by atoms with van der Waals surface area (Å²) >= 11 is 2.87. The van der Waals surface area contributed by atoms with E-state index in [0.29, 0.717) is 36.6 Å². The Hall–Kier alpha value is -2.39. The molecule has 1 aliphatic rings. The van der Waals surface area contributed by atoms with Crippen molar-refractivity contribution in [3.8, 4) is 0 Å². The second kappa shape index (κ2) is 9.01. The number of rotatable bonds is 5. The molecule has 9 heteroatoms. The van der Waals surface area contributed by atoms with Crippen molar-refractivity contribution in [2.24, 2.45) is 5.92 Å². The maximum atomic E-state index is 12.6. The number of anilines is 1. The molecule has 0 aliphatic carbocycles. The Balaban J connectivity index is 1.55. The highest BCUT2D eigenvalue weighted by molar-refractivity contribution is 7.14. The molecular formula is C18H21N3O4S2. The SMILES string of the molecule is COC(=O)c1ccsc1NC(=O)C1CCCN(C(=O)NCc2cccs2)C1. The number of thiophene rings is 2. The molecule has 3 amide bonds. The Labute approximate surface area is 165 Å². The third-order valence-electron chi connectivity index (χ3n) is 4.38. The molecule has 1 fully saturated rings. The fourth-order valence-electron chi connectivity index (χ4n) is 2.95. The maximum Gasteiger partial charge on any atom is 0.340 e. The highest BCUT2D eigenvalue weighted by Crippen LogP contribution is 2.26. The van der Waals surface area contributed by atoms with Gasteiger partial charge < -0.3 is 20.3 Å². The van der Waals surface area contributed by atoms with Gasteiger partial charge in [-0.25, -0.2) is 9.59 Å². The van der Waals surface area contributed by atoms with Gasteiger partial charge in [-0.05, 0) is 35.7 Å². The van der Waals surface area contributed by atoms with Crippen LogP contribution >= 0.6 is 22.7 Å². The molecule has 3 rings (SSSR count). The molecule has 144 valence electrons. The number of likely N-dealkylation sites (tertiary alicyclic amines) is 1. The van der Waals surface area contributed by atoms with Crippen LogP contribution in [-0.2, 0) is 16.1 Å². The number of nitrogens with zero attached hydrogens (tertiary/aromatic N) is 1. The quantitative estimate of drug-likeness (QED) is 0.746. The molecule has 2 aromatic heterocycles. The van der Waals surface area contributed by atoms with E-state index in [9.17, 15) is 14.4 Å². The number of ether oxygens (including phenoxy) is 1. The van der Waals surface area contributed by atoms with Gasteiger partial charge in [-0.2, -0.15) is 0 Å². The summed E-state index contributed by atoms with van der Waals surface area (Å²) in [7, 11) is 1.30. The molecule has 0 bridgehead atoms. The van der Waals surface area contributed by atoms with E-state index in [4.69, 9.17) is 4.74 Å². The third-order valence-corrected chi connectivity index (χ3v) is 6.09. The van der Waals surface area contributed by atoms with Crippen LogP contribution in [-0.4, -0.2) is 43.0 Å². The second-order valence-corrected chi connectivity index (χ2v) is 8.12. The van der Waals surface area contributed by atoms with Gasteiger partial charge >= 0.3 is 12.0 Å². The van der Waals surface area contributed by atoms with E-state index in [1.807, 2.05) is 17.5 Å². The molecule has 0 aromatic carbocycles. The van der Waals surface area contributed by atoms with Gasteiger partial charge in [0, 0.05) is 18.0 Å². The molecule has 1 unspecified atom stereocenters. The van der Waals surface area contributed by atoms with Crippen molar-refractivity contribution in [1.82, 2.24) is 10.2 Å². The molecule has 7 nitrogen and oxygen atoms in total. The molecule has 2 aromatic rings. The van der Waals surface area contributed by atoms with Gasteiger partial charge in [-0.1, -0.05) is 6.07 Å². The van der Waals surface area contributed by atoms with Crippen LogP contribution in [0.1, 0.15) is 28.1 Å². The predicted octanol–water partition coefficient (Wildman–Crippen LogP) is 3.16. The summed E-state index contributed by atoms with van der Waals surface area (Å²) in [4.78, 5) is 39.5. The van der Waals surface area contributed by atoms with Crippen LogP contribution < -0.4 is 10.6 Å². The van der Waals surface area contributed by atoms with Crippen molar-refractivity contribution in [3.05, 3.63) is 39.4 Å². The largest absolute Gasteiger partial charge is 0.465 e. The van der Waals surface area contributed by atoms with E-state index in [0.717, 1.165) is 11.3 Å². The zero-order valence-electron chi connectivity index (χ0n) is 14.9. The van der Waals surface area contributed by atoms with E-state index in [1.165, 1.54) is 18.4 Å². The highest BCUT2D eigenvalue weighted by atomic mass is 32.1. The predicted molar refractivity (Wildman–Crippen MR) is 105 cm³/mol. The number of urea groups is 1. The van der Waals surface area contributed by atoms with Crippen molar-refractivity contribution >= 4 is 45.6 Å². The number of carbonyl (C=O) groups is 3. The minimum Gasteiger partial charge on any atom is -0.465 e. The van der Waals surface area contributed by atoms with E-state index >= 15 is 0 Å². The summed E-state index contributed by atoms with van der Waals surface area (Å²) < 4.78 is 4.72. The maximum absolute atomic E-state index is 12.6. The van der Waals surface area contributed by atoms with Crippen LogP contribution in [0, 0.1) is 5.92 Å². The summed E-state index contributed by atoms with van der Waals surface area (Å²) in [6.45, 7) is 1.48. The first-order valence-electron chi connectivity index (χ1n) is 8.60. The molecule has 1 saturated heterocycles. The average molecular weight is 408 g/mol. The monoisotopic (exact) mass is 407 g/mol. The van der Waals surface area contributed by atoms with Gasteiger partial charge in [0.1, 0.15) is 5.00 Å². The number of piperidine rings is 1. The van der Waals surface area contributed by atoms with Crippen LogP contribution in [0.3, 0.4) is 0 Å². The van der Waals surface area contributed by atoms with E-state index in [-0.39, 0.29) is 17.9 Å². The minimum atomic E-state index is -0.482. The van der Waals surface area contributed by atoms with Crippen LogP contribution in [0.15, 0.2) is 29.0 Å². The van der Waals surface area contributed by atoms with Crippen molar-refractivity contribution in [2.45, 2.75) is 19.4 Å². The molecule has 0 radical (unpaired) electrons. The summed E-state index contributed by atoms with van der Waals surface area (Å²) in [5.41, 5.74) is 0.345. The Bertz CT molecular complexity index is 803. The molecule has 1 aliphatic heterocycles. The zero-order valence-corrected chi connectivity index (χ0v) is 16.5. The van der Waals surface area contributed by atoms with Gasteiger partial charge in [0.15, 0.2) is 0 Å². The van der Waals surface area contributed by atoms with Crippen LogP contribution in [0.5, 0.6) is 0 Å². The van der Waals surface area contributed by atoms with Gasteiger partial charge in [0.05, 0.1) is 25.1 Å². The number of carbonyl (C=O) groups excluding carboxylic acids is 3. The molecular weight excluding hydrogens is 386 g/mol. The summed E-state index contributed by atoms with van der Waals surface area (Å²) in [5, 5.41) is 9.88. The van der Waals surface area contributed by atoms with Crippen molar-refractivity contribution in [2.75, 3.05) is 25.5 Å². The molecule has 3 heterocycles. The average Bonchev–Trinajstić information content (AvgIpc) is 3.37. The molecule has 1 atom stereocenters. The van der Waals surface area contributed by atoms with E-state index in [1.54, 1.807) is 27.7 Å². The van der Waals surface area contributed by atoms with E-state index in [2.05, 4.69) is 10.6 Å². The fraction of sp³-hybridized carbons (Fsp3) is 0.389. The second-order valence-electron chi connectivity index (χ2n) is 6.17. The van der Waals surface area contributed by atoms with Crippen LogP contribution in [0.2, 0.25) is 0 Å². The van der Waals surface area contributed by atoms with Crippen LogP contribution in [0.4, 0.5) is 9.80 Å². The molecule has 0 spiro atoms. The number of hydrogen-bond acceptors (Lipinski definition) is 6. The first-order valence-corrected chi connectivity index (χ1v) is 10.4. The Kier molecular flexibility index (Phi) is 6.46. The number of methoxy groups -OCH3 is 1. The topological polar surface area (TPSA) is 87.7 Å². The Morgan fingerprint density at radius 2 is 2.11 bits per heavy atom. The number of hydrogen-bond donors (Lipinski definition) is 2. The van der Waals surface area contributed by atoms with Crippen molar-refractivity contribution < 1.29 is 19.1 Å². The Morgan fingerprint density at radius 1 is 1.26 bits per heavy atom. The van der Waals surface area contributed by atoms with Crippen molar-refractivity contribution in [1.29, 1.82) is 0 Å². The molecule has 0 saturated carbocycles. The Morgan fingerprint density at radius 3 is 2.85 bits per heavy atom. The lowest BCUT2D eigenvalue weighted by Crippen LogP contribution is -2.47. The number of esters is 1. The smallest absolute Gasteiger partial charge is 0.340 e. The standard InChI is InChI=1S/C18H21N3O4S2/c1-25-17(23)14-6-9-27-16(14)20-15(22)12-4-2-7-21(11-12)18(24)19-10-13-5-3-8-26-13/h3,5-6,8-9,12H,2,4,7,10-11H2,1H3,(H,19,24)(H,20,22). The fourth-order valence-corrected chi connectivity index (χ4v) is 4.38. The van der Waals surface area contributed by atoms with Crippen LogP contribution in [0.25, 0.3) is 0 Å². The summed E-state index contributed by atoms with van der Waals surface area (Å²) in [6, 6.07) is 5.38. The molecule has 2 N–H and O–H groups in total. The van der Waals surface area contributed by atoms with Gasteiger partial charge in [-0.3, -0.25) is 4.79 Å². The van der Waals surface area contributed by atoms with Gasteiger partial charge in [0.25, 0.3) is 0 Å². The minimum absolute atomic E-state index is 0.160. The van der Waals surface area contributed by atoms with Gasteiger partial charge in [-0.15, -0.1) is 22.7 Å². The van der Waals surface area contributed by atoms with Crippen molar-refractivity contribution in [3.63, 3.8) is 0 Å². The lowest BCUT2D eigenvalue weighted by atomic mass is 9.97. The normalized spacial score (nSPS) is 16.6. The first-order chi connectivity index (χ1) is 13.1. The third kappa shape index (κ3) is 4.86. The first kappa shape index (κ1) is 19.4. The summed E-state index contributed by atoms with van der Waals surface area (Å²) in [6.07, 6.45) is 1.47. The highest BCUT2D eigenvalue weighted by Gasteiger charge is 2.29. The summed E-state index contributed by atoms with van der Waals surface area (Å²) in [5.74, 6) is -0.970. The lowest BCUT2D eigenvalue weighted by Gasteiger charge is -2.32. The lowest BCUT2D eigenvalue weighted by molar-refractivity contribution is -0.121. The molecule has 27 heavy (non-hydrogen) atoms. The number of amides is 3. The van der Waals surface area contributed by atoms with Gasteiger partial charge in [0.2, 0.25) is 5.91 Å². The number of nitrogens with one attached hydrogen (secondary N) is 2. The zero-order chi connectivity index (χ0) is 19.2. The van der Waals surface area contributed by atoms with E-state index < -0.39 is 5.97 Å².